The molecule has 0 aromatic heterocycles. The normalized spacial score (nSPS) is 17.5. The summed E-state index contributed by atoms with van der Waals surface area (Å²) in [4.78, 5) is 16.7. The molecule has 7 heteroatoms. The van der Waals surface area contributed by atoms with Gasteiger partial charge in [0, 0.05) is 32.4 Å². The molecule has 0 aliphatic carbocycles. The summed E-state index contributed by atoms with van der Waals surface area (Å²) < 4.78 is 29.8. The van der Waals surface area contributed by atoms with Crippen molar-refractivity contribution in [1.82, 2.24) is 4.90 Å². The lowest BCUT2D eigenvalue weighted by molar-refractivity contribution is -0.136. The highest BCUT2D eigenvalue weighted by molar-refractivity contribution is 7.91. The minimum absolute atomic E-state index is 0.0115. The minimum Gasteiger partial charge on any atom is -0.484 e. The topological polar surface area (TPSA) is 66.9 Å². The number of sulfone groups is 1. The zero-order valence-electron chi connectivity index (χ0n) is 18.7. The molecular weight excluding hydrogens is 412 g/mol. The molecule has 168 valence electrons. The molecule has 0 N–H and O–H groups in total. The number of carbonyl (C=O) groups excluding carboxylic acids is 1. The summed E-state index contributed by atoms with van der Waals surface area (Å²) in [5, 5.41) is 0. The van der Waals surface area contributed by atoms with Gasteiger partial charge in [0.1, 0.15) is 5.75 Å². The first kappa shape index (κ1) is 23.1. The summed E-state index contributed by atoms with van der Waals surface area (Å²) in [5.41, 5.74) is 3.24. The van der Waals surface area contributed by atoms with Gasteiger partial charge in [-0.25, -0.2) is 8.42 Å². The Labute approximate surface area is 185 Å². The summed E-state index contributed by atoms with van der Waals surface area (Å²) in [6.45, 7) is 4.49. The fourth-order valence-corrected chi connectivity index (χ4v) is 5.45. The predicted molar refractivity (Wildman–Crippen MR) is 124 cm³/mol. The summed E-state index contributed by atoms with van der Waals surface area (Å²) in [7, 11) is 0.837. The summed E-state index contributed by atoms with van der Waals surface area (Å²) >= 11 is 0. The van der Waals surface area contributed by atoms with Gasteiger partial charge in [0.25, 0.3) is 5.91 Å². The van der Waals surface area contributed by atoms with E-state index in [1.807, 2.05) is 67.5 Å². The monoisotopic (exact) mass is 444 g/mol. The Morgan fingerprint density at radius 1 is 1.06 bits per heavy atom. The molecule has 1 fully saturated rings. The number of benzene rings is 2. The van der Waals surface area contributed by atoms with Crippen molar-refractivity contribution < 1.29 is 17.9 Å². The first-order valence-corrected chi connectivity index (χ1v) is 12.5. The van der Waals surface area contributed by atoms with Crippen molar-refractivity contribution in [1.29, 1.82) is 0 Å². The number of ether oxygens (including phenoxy) is 1. The molecule has 1 atom stereocenters. The molecule has 0 spiro atoms. The number of hydrogen-bond acceptors (Lipinski definition) is 5. The van der Waals surface area contributed by atoms with Crippen LogP contribution >= 0.6 is 0 Å². The highest BCUT2D eigenvalue weighted by atomic mass is 32.2. The zero-order valence-corrected chi connectivity index (χ0v) is 19.6. The van der Waals surface area contributed by atoms with Crippen molar-refractivity contribution in [2.45, 2.75) is 38.8 Å². The lowest BCUT2D eigenvalue weighted by Gasteiger charge is -2.28. The van der Waals surface area contributed by atoms with E-state index in [1.165, 1.54) is 5.56 Å². The van der Waals surface area contributed by atoms with E-state index in [-0.39, 0.29) is 30.1 Å². The van der Waals surface area contributed by atoms with Gasteiger partial charge < -0.3 is 14.5 Å². The van der Waals surface area contributed by atoms with E-state index in [2.05, 4.69) is 13.8 Å². The van der Waals surface area contributed by atoms with Crippen molar-refractivity contribution in [3.05, 3.63) is 59.7 Å². The van der Waals surface area contributed by atoms with Gasteiger partial charge >= 0.3 is 0 Å². The van der Waals surface area contributed by atoms with Crippen LogP contribution in [0.25, 0.3) is 0 Å². The van der Waals surface area contributed by atoms with Crippen LogP contribution in [0.2, 0.25) is 0 Å². The number of anilines is 1. The van der Waals surface area contributed by atoms with Crippen molar-refractivity contribution in [2.75, 3.05) is 37.1 Å². The number of hydrogen-bond donors (Lipinski definition) is 0. The van der Waals surface area contributed by atoms with Crippen molar-refractivity contribution >= 4 is 21.4 Å². The average Bonchev–Trinajstić information content (AvgIpc) is 3.10. The molecule has 1 aliphatic rings. The van der Waals surface area contributed by atoms with E-state index in [9.17, 15) is 13.2 Å². The Bertz CT molecular complexity index is 983. The number of carbonyl (C=O) groups is 1. The second kappa shape index (κ2) is 9.73. The van der Waals surface area contributed by atoms with E-state index in [0.717, 1.165) is 11.3 Å². The van der Waals surface area contributed by atoms with Crippen molar-refractivity contribution in [2.24, 2.45) is 0 Å². The van der Waals surface area contributed by atoms with Crippen LogP contribution in [0.5, 0.6) is 5.75 Å². The lowest BCUT2D eigenvalue weighted by Crippen LogP contribution is -2.43. The molecule has 0 bridgehead atoms. The molecule has 0 saturated carbocycles. The molecule has 3 rings (SSSR count). The first-order valence-electron chi connectivity index (χ1n) is 10.6. The third kappa shape index (κ3) is 6.23. The Morgan fingerprint density at radius 2 is 1.71 bits per heavy atom. The predicted octanol–water partition coefficient (Wildman–Crippen LogP) is 3.47. The molecule has 1 amide bonds. The Kier molecular flexibility index (Phi) is 7.26. The Hall–Kier alpha value is -2.54. The molecule has 6 nitrogen and oxygen atoms in total. The minimum atomic E-state index is -3.11. The van der Waals surface area contributed by atoms with Crippen molar-refractivity contribution in [3.63, 3.8) is 0 Å². The van der Waals surface area contributed by atoms with Gasteiger partial charge in [-0.3, -0.25) is 4.79 Å². The van der Waals surface area contributed by atoms with Gasteiger partial charge in [-0.2, -0.15) is 0 Å². The summed E-state index contributed by atoms with van der Waals surface area (Å²) in [6, 6.07) is 15.4. The lowest BCUT2D eigenvalue weighted by atomic mass is 10.0. The maximum Gasteiger partial charge on any atom is 0.261 e. The van der Waals surface area contributed by atoms with Crippen molar-refractivity contribution in [3.8, 4) is 5.75 Å². The number of rotatable bonds is 8. The second-order valence-corrected chi connectivity index (χ2v) is 10.9. The third-order valence-corrected chi connectivity index (χ3v) is 7.43. The summed E-state index contributed by atoms with van der Waals surface area (Å²) in [5.74, 6) is 0.990. The number of amides is 1. The van der Waals surface area contributed by atoms with Gasteiger partial charge in [0.2, 0.25) is 0 Å². The zero-order chi connectivity index (χ0) is 22.6. The van der Waals surface area contributed by atoms with Crippen LogP contribution in [0.3, 0.4) is 0 Å². The van der Waals surface area contributed by atoms with Crippen LogP contribution in [0.4, 0.5) is 5.69 Å². The third-order valence-electron chi connectivity index (χ3n) is 5.68. The molecule has 1 heterocycles. The Balaban J connectivity index is 1.71. The van der Waals surface area contributed by atoms with Crippen LogP contribution in [0.15, 0.2) is 48.5 Å². The van der Waals surface area contributed by atoms with Gasteiger partial charge in [-0.15, -0.1) is 0 Å². The van der Waals surface area contributed by atoms with Gasteiger partial charge in [-0.05, 0) is 47.7 Å². The van der Waals surface area contributed by atoms with Crippen LogP contribution < -0.4 is 9.64 Å². The maximum absolute atomic E-state index is 13.1. The number of nitrogens with zero attached hydrogens (tertiary/aromatic N) is 2. The molecule has 2 aromatic carbocycles. The van der Waals surface area contributed by atoms with E-state index < -0.39 is 9.84 Å². The molecule has 2 aromatic rings. The molecule has 31 heavy (non-hydrogen) atoms. The first-order chi connectivity index (χ1) is 14.6. The van der Waals surface area contributed by atoms with Crippen LogP contribution in [-0.2, 0) is 21.2 Å². The smallest absolute Gasteiger partial charge is 0.261 e. The van der Waals surface area contributed by atoms with E-state index in [0.29, 0.717) is 24.6 Å². The highest BCUT2D eigenvalue weighted by Crippen LogP contribution is 2.23. The average molecular weight is 445 g/mol. The molecule has 0 radical (unpaired) electrons. The van der Waals surface area contributed by atoms with E-state index in [1.54, 1.807) is 4.90 Å². The summed E-state index contributed by atoms with van der Waals surface area (Å²) in [6.07, 6.45) is 0.465. The van der Waals surface area contributed by atoms with Gasteiger partial charge in [0.15, 0.2) is 16.4 Å². The molecule has 0 unspecified atom stereocenters. The fraction of sp³-hybridized carbons (Fsp3) is 0.458. The fourth-order valence-electron chi connectivity index (χ4n) is 3.72. The van der Waals surface area contributed by atoms with E-state index in [4.69, 9.17) is 4.74 Å². The molecular formula is C24H32N2O4S. The largest absolute Gasteiger partial charge is 0.484 e. The standard InChI is InChI=1S/C24H32N2O4S/c1-18(2)20-7-11-23(12-8-20)30-16-24(27)26(22-13-14-31(28,29)17-22)15-19-5-9-21(10-6-19)25(3)4/h5-12,18,22H,13-17H2,1-4H3/t22-/m1/s1. The SMILES string of the molecule is CC(C)c1ccc(OCC(=O)N(Cc2ccc(N(C)C)cc2)[C@@H]2CCS(=O)(=O)C2)cc1. The van der Waals surface area contributed by atoms with Crippen LogP contribution in [0, 0.1) is 0 Å². The molecule has 1 aliphatic heterocycles. The quantitative estimate of drug-likeness (QED) is 0.624. The highest BCUT2D eigenvalue weighted by Gasteiger charge is 2.34. The second-order valence-electron chi connectivity index (χ2n) is 8.65. The van der Waals surface area contributed by atoms with Gasteiger partial charge in [0.05, 0.1) is 11.5 Å². The van der Waals surface area contributed by atoms with E-state index >= 15 is 0 Å². The van der Waals surface area contributed by atoms with Gasteiger partial charge in [-0.1, -0.05) is 38.1 Å². The van der Waals surface area contributed by atoms with Crippen LogP contribution in [0.1, 0.15) is 37.3 Å². The van der Waals surface area contributed by atoms with Crippen LogP contribution in [-0.4, -0.2) is 57.5 Å². The Morgan fingerprint density at radius 3 is 2.23 bits per heavy atom. The maximum atomic E-state index is 13.1. The molecule has 1 saturated heterocycles.